The Morgan fingerprint density at radius 3 is 3.00 bits per heavy atom. The van der Waals surface area contributed by atoms with Crippen molar-refractivity contribution in [3.8, 4) is 0 Å². The van der Waals surface area contributed by atoms with Crippen molar-refractivity contribution in [1.82, 2.24) is 10.2 Å². The Kier molecular flexibility index (Phi) is 3.38. The van der Waals surface area contributed by atoms with Crippen molar-refractivity contribution in [2.45, 2.75) is 19.4 Å². The molecular weight excluding hydrogens is 214 g/mol. The van der Waals surface area contributed by atoms with E-state index in [0.717, 1.165) is 25.4 Å². The summed E-state index contributed by atoms with van der Waals surface area (Å²) in [6, 6.07) is 3.56. The summed E-state index contributed by atoms with van der Waals surface area (Å²) in [7, 11) is 0. The highest BCUT2D eigenvalue weighted by molar-refractivity contribution is 6.29. The molecule has 1 aromatic rings. The van der Waals surface area contributed by atoms with Crippen LogP contribution in [0.15, 0.2) is 12.1 Å². The van der Waals surface area contributed by atoms with E-state index in [2.05, 4.69) is 22.4 Å². The van der Waals surface area contributed by atoms with E-state index in [1.165, 1.54) is 0 Å². The zero-order chi connectivity index (χ0) is 10.7. The molecule has 1 fully saturated rings. The molecule has 5 heteroatoms. The molecule has 0 aliphatic carbocycles. The zero-order valence-electron chi connectivity index (χ0n) is 8.61. The fourth-order valence-corrected chi connectivity index (χ4v) is 1.79. The molecule has 0 amide bonds. The molecule has 0 radical (unpaired) electrons. The summed E-state index contributed by atoms with van der Waals surface area (Å²) in [5.74, 6) is 1.32. The number of rotatable bonds is 3. The number of anilines is 1. The molecule has 0 aromatic carbocycles. The quantitative estimate of drug-likeness (QED) is 0.858. The zero-order valence-corrected chi connectivity index (χ0v) is 9.37. The Bertz CT molecular complexity index is 317. The standard InChI is InChI=1S/C10H14ClN3O/c1-7-8(4-5-15-7)6-12-10-3-2-9(11)13-14-10/h2-3,7-8H,4-6H2,1H3,(H,12,14). The Labute approximate surface area is 94.0 Å². The molecule has 0 saturated carbocycles. The van der Waals surface area contributed by atoms with Gasteiger partial charge in [-0.2, -0.15) is 0 Å². The largest absolute Gasteiger partial charge is 0.378 e. The van der Waals surface area contributed by atoms with Crippen LogP contribution in [0.25, 0.3) is 0 Å². The second kappa shape index (κ2) is 4.77. The first-order chi connectivity index (χ1) is 7.25. The number of nitrogens with zero attached hydrogens (tertiary/aromatic N) is 2. The molecule has 2 rings (SSSR count). The molecule has 1 aliphatic rings. The number of hydrogen-bond acceptors (Lipinski definition) is 4. The van der Waals surface area contributed by atoms with Crippen molar-refractivity contribution in [3.05, 3.63) is 17.3 Å². The van der Waals surface area contributed by atoms with E-state index in [-0.39, 0.29) is 0 Å². The Balaban J connectivity index is 1.85. The van der Waals surface area contributed by atoms with Gasteiger partial charge in [0.15, 0.2) is 5.15 Å². The molecule has 2 unspecified atom stereocenters. The normalized spacial score (nSPS) is 25.5. The van der Waals surface area contributed by atoms with Crippen molar-refractivity contribution < 1.29 is 4.74 Å². The predicted octanol–water partition coefficient (Wildman–Crippen LogP) is 1.97. The highest BCUT2D eigenvalue weighted by atomic mass is 35.5. The molecule has 82 valence electrons. The van der Waals surface area contributed by atoms with Gasteiger partial charge >= 0.3 is 0 Å². The predicted molar refractivity (Wildman–Crippen MR) is 59.1 cm³/mol. The van der Waals surface area contributed by atoms with Gasteiger partial charge in [-0.15, -0.1) is 10.2 Å². The summed E-state index contributed by atoms with van der Waals surface area (Å²) >= 11 is 5.64. The summed E-state index contributed by atoms with van der Waals surface area (Å²) in [6.07, 6.45) is 1.44. The number of nitrogens with one attached hydrogen (secondary N) is 1. The van der Waals surface area contributed by atoms with Gasteiger partial charge in [0.05, 0.1) is 6.10 Å². The molecule has 15 heavy (non-hydrogen) atoms. The van der Waals surface area contributed by atoms with Gasteiger partial charge in [0, 0.05) is 19.1 Å². The minimum atomic E-state index is 0.331. The Morgan fingerprint density at radius 1 is 1.53 bits per heavy atom. The summed E-state index contributed by atoms with van der Waals surface area (Å²) in [6.45, 7) is 3.84. The van der Waals surface area contributed by atoms with Crippen LogP contribution in [0.5, 0.6) is 0 Å². The fourth-order valence-electron chi connectivity index (χ4n) is 1.69. The number of aromatic nitrogens is 2. The lowest BCUT2D eigenvalue weighted by atomic mass is 10.0. The highest BCUT2D eigenvalue weighted by Gasteiger charge is 2.23. The van der Waals surface area contributed by atoms with Crippen molar-refractivity contribution in [2.75, 3.05) is 18.5 Å². The smallest absolute Gasteiger partial charge is 0.151 e. The van der Waals surface area contributed by atoms with E-state index in [1.54, 1.807) is 6.07 Å². The van der Waals surface area contributed by atoms with Crippen LogP contribution in [0.1, 0.15) is 13.3 Å². The third kappa shape index (κ3) is 2.79. The number of ether oxygens (including phenoxy) is 1. The lowest BCUT2D eigenvalue weighted by Gasteiger charge is -2.14. The lowest BCUT2D eigenvalue weighted by molar-refractivity contribution is 0.108. The second-order valence-corrected chi connectivity index (χ2v) is 4.13. The molecule has 0 bridgehead atoms. The molecular formula is C10H14ClN3O. The third-order valence-electron chi connectivity index (χ3n) is 2.71. The summed E-state index contributed by atoms with van der Waals surface area (Å²) in [5.41, 5.74) is 0. The van der Waals surface area contributed by atoms with Gasteiger partial charge in [-0.05, 0) is 25.5 Å². The SMILES string of the molecule is CC1OCCC1CNc1ccc(Cl)nn1. The Morgan fingerprint density at radius 2 is 2.40 bits per heavy atom. The molecule has 2 heterocycles. The van der Waals surface area contributed by atoms with E-state index in [1.807, 2.05) is 6.07 Å². The maximum atomic E-state index is 5.64. The summed E-state index contributed by atoms with van der Waals surface area (Å²) in [5, 5.41) is 11.3. The molecule has 1 N–H and O–H groups in total. The van der Waals surface area contributed by atoms with E-state index in [9.17, 15) is 0 Å². The summed E-state index contributed by atoms with van der Waals surface area (Å²) in [4.78, 5) is 0. The van der Waals surface area contributed by atoms with E-state index in [0.29, 0.717) is 17.2 Å². The molecule has 1 aromatic heterocycles. The van der Waals surface area contributed by atoms with Crippen LogP contribution >= 0.6 is 11.6 Å². The van der Waals surface area contributed by atoms with E-state index < -0.39 is 0 Å². The van der Waals surface area contributed by atoms with Gasteiger partial charge in [-0.1, -0.05) is 11.6 Å². The maximum Gasteiger partial charge on any atom is 0.151 e. The van der Waals surface area contributed by atoms with E-state index >= 15 is 0 Å². The van der Waals surface area contributed by atoms with Gasteiger partial charge in [-0.25, -0.2) is 0 Å². The first kappa shape index (κ1) is 10.6. The average Bonchev–Trinajstić information content (AvgIpc) is 2.63. The van der Waals surface area contributed by atoms with Crippen molar-refractivity contribution in [3.63, 3.8) is 0 Å². The fraction of sp³-hybridized carbons (Fsp3) is 0.600. The van der Waals surface area contributed by atoms with Crippen LogP contribution in [-0.4, -0.2) is 29.5 Å². The van der Waals surface area contributed by atoms with E-state index in [4.69, 9.17) is 16.3 Å². The number of hydrogen-bond donors (Lipinski definition) is 1. The van der Waals surface area contributed by atoms with Crippen molar-refractivity contribution >= 4 is 17.4 Å². The van der Waals surface area contributed by atoms with Crippen LogP contribution < -0.4 is 5.32 Å². The monoisotopic (exact) mass is 227 g/mol. The van der Waals surface area contributed by atoms with Crippen molar-refractivity contribution in [1.29, 1.82) is 0 Å². The second-order valence-electron chi connectivity index (χ2n) is 3.75. The topological polar surface area (TPSA) is 47.0 Å². The van der Waals surface area contributed by atoms with Crippen LogP contribution in [0.3, 0.4) is 0 Å². The Hall–Kier alpha value is -0.870. The van der Waals surface area contributed by atoms with Gasteiger partial charge in [-0.3, -0.25) is 0 Å². The number of halogens is 1. The van der Waals surface area contributed by atoms with Gasteiger partial charge in [0.2, 0.25) is 0 Å². The van der Waals surface area contributed by atoms with Gasteiger partial charge in [0.25, 0.3) is 0 Å². The maximum absolute atomic E-state index is 5.64. The van der Waals surface area contributed by atoms with Crippen LogP contribution in [0.4, 0.5) is 5.82 Å². The molecule has 0 spiro atoms. The molecule has 1 saturated heterocycles. The third-order valence-corrected chi connectivity index (χ3v) is 2.91. The first-order valence-electron chi connectivity index (χ1n) is 5.10. The average molecular weight is 228 g/mol. The summed E-state index contributed by atoms with van der Waals surface area (Å²) < 4.78 is 5.48. The van der Waals surface area contributed by atoms with Crippen molar-refractivity contribution in [2.24, 2.45) is 5.92 Å². The molecule has 2 atom stereocenters. The lowest BCUT2D eigenvalue weighted by Crippen LogP contribution is -2.21. The molecule has 1 aliphatic heterocycles. The highest BCUT2D eigenvalue weighted by Crippen LogP contribution is 2.20. The van der Waals surface area contributed by atoms with Crippen LogP contribution in [0, 0.1) is 5.92 Å². The first-order valence-corrected chi connectivity index (χ1v) is 5.48. The van der Waals surface area contributed by atoms with Gasteiger partial charge < -0.3 is 10.1 Å². The van der Waals surface area contributed by atoms with Crippen LogP contribution in [-0.2, 0) is 4.74 Å². The minimum absolute atomic E-state index is 0.331. The molecule has 4 nitrogen and oxygen atoms in total. The van der Waals surface area contributed by atoms with Crippen LogP contribution in [0.2, 0.25) is 5.15 Å². The van der Waals surface area contributed by atoms with Gasteiger partial charge in [0.1, 0.15) is 5.82 Å². The minimum Gasteiger partial charge on any atom is -0.378 e.